The van der Waals surface area contributed by atoms with Crippen molar-refractivity contribution < 1.29 is 17.6 Å². The third-order valence-electron chi connectivity index (χ3n) is 5.16. The number of sulfonamides is 1. The summed E-state index contributed by atoms with van der Waals surface area (Å²) in [6, 6.07) is 12.5. The number of carbonyl (C=O) groups is 1. The van der Waals surface area contributed by atoms with Crippen LogP contribution in [0.5, 0.6) is 0 Å². The van der Waals surface area contributed by atoms with Gasteiger partial charge < -0.3 is 4.90 Å². The van der Waals surface area contributed by atoms with Crippen LogP contribution in [0.4, 0.5) is 4.39 Å². The smallest absolute Gasteiger partial charge is 0.253 e. The van der Waals surface area contributed by atoms with Crippen molar-refractivity contribution in [2.24, 2.45) is 0 Å². The van der Waals surface area contributed by atoms with Gasteiger partial charge >= 0.3 is 0 Å². The molecule has 0 radical (unpaired) electrons. The molecule has 0 spiro atoms. The topological polar surface area (TPSA) is 75.5 Å². The molecule has 1 aliphatic rings. The quantitative estimate of drug-likeness (QED) is 0.584. The number of hydrogen-bond acceptors (Lipinski definition) is 4. The normalized spacial score (nSPS) is 15.2. The van der Waals surface area contributed by atoms with Gasteiger partial charge in [0.05, 0.1) is 16.5 Å². The van der Waals surface area contributed by atoms with Crippen LogP contribution in [-0.4, -0.2) is 59.5 Å². The summed E-state index contributed by atoms with van der Waals surface area (Å²) in [7, 11) is -3.81. The Hall–Kier alpha value is -2.75. The molecule has 0 N–H and O–H groups in total. The molecule has 2 aromatic carbocycles. The SMILES string of the molecule is O=C(c1ccc(Cn2cccn2)cc1)N1CCN(S(=O)(=O)c2ccc(F)c(Cl)c2)CC1. The molecule has 1 aromatic heterocycles. The lowest BCUT2D eigenvalue weighted by Crippen LogP contribution is -2.50. The van der Waals surface area contributed by atoms with Gasteiger partial charge in [-0.15, -0.1) is 0 Å². The van der Waals surface area contributed by atoms with Crippen LogP contribution in [0, 0.1) is 5.82 Å². The Morgan fingerprint density at radius 1 is 1.06 bits per heavy atom. The lowest BCUT2D eigenvalue weighted by Gasteiger charge is -2.34. The number of piperazine rings is 1. The maximum atomic E-state index is 13.4. The predicted octanol–water partition coefficient (Wildman–Crippen LogP) is 2.87. The summed E-state index contributed by atoms with van der Waals surface area (Å²) in [6.45, 7) is 1.45. The maximum absolute atomic E-state index is 13.4. The lowest BCUT2D eigenvalue weighted by atomic mass is 10.1. The Morgan fingerprint density at radius 3 is 2.39 bits per heavy atom. The van der Waals surface area contributed by atoms with E-state index >= 15 is 0 Å². The fourth-order valence-corrected chi connectivity index (χ4v) is 5.13. The van der Waals surface area contributed by atoms with Crippen LogP contribution >= 0.6 is 11.6 Å². The van der Waals surface area contributed by atoms with E-state index in [9.17, 15) is 17.6 Å². The molecular weight excluding hydrogens is 443 g/mol. The number of amides is 1. The second-order valence-electron chi connectivity index (χ2n) is 7.17. The van der Waals surface area contributed by atoms with Gasteiger partial charge in [-0.1, -0.05) is 23.7 Å². The van der Waals surface area contributed by atoms with E-state index in [2.05, 4.69) is 5.10 Å². The van der Waals surface area contributed by atoms with Crippen LogP contribution in [0.15, 0.2) is 65.8 Å². The minimum atomic E-state index is -3.81. The van der Waals surface area contributed by atoms with Gasteiger partial charge in [0.15, 0.2) is 0 Å². The van der Waals surface area contributed by atoms with Crippen molar-refractivity contribution in [1.29, 1.82) is 0 Å². The van der Waals surface area contributed by atoms with Gasteiger partial charge in [0.25, 0.3) is 5.91 Å². The molecular formula is C21H20ClFN4O3S. The summed E-state index contributed by atoms with van der Waals surface area (Å²) in [5.41, 5.74) is 1.57. The molecule has 1 aliphatic heterocycles. The zero-order chi connectivity index (χ0) is 22.0. The molecule has 3 aromatic rings. The van der Waals surface area contributed by atoms with Gasteiger partial charge in [-0.05, 0) is 42.0 Å². The van der Waals surface area contributed by atoms with Gasteiger partial charge in [0.1, 0.15) is 5.82 Å². The van der Waals surface area contributed by atoms with Crippen molar-refractivity contribution >= 4 is 27.5 Å². The highest BCUT2D eigenvalue weighted by Crippen LogP contribution is 2.23. The molecule has 0 saturated carbocycles. The molecule has 0 atom stereocenters. The third-order valence-corrected chi connectivity index (χ3v) is 7.34. The van der Waals surface area contributed by atoms with Gasteiger partial charge in [0.2, 0.25) is 10.0 Å². The second kappa shape index (κ2) is 8.78. The zero-order valence-corrected chi connectivity index (χ0v) is 18.1. The van der Waals surface area contributed by atoms with E-state index in [1.807, 2.05) is 24.4 Å². The number of hydrogen-bond donors (Lipinski definition) is 0. The molecule has 1 saturated heterocycles. The Labute approximate surface area is 184 Å². The van der Waals surface area contributed by atoms with Crippen LogP contribution in [-0.2, 0) is 16.6 Å². The van der Waals surface area contributed by atoms with Gasteiger partial charge in [-0.3, -0.25) is 9.48 Å². The molecule has 1 fully saturated rings. The fourth-order valence-electron chi connectivity index (χ4n) is 3.43. The fraction of sp³-hybridized carbons (Fsp3) is 0.238. The van der Waals surface area contributed by atoms with Crippen molar-refractivity contribution in [3.8, 4) is 0 Å². The standard InChI is InChI=1S/C21H20ClFN4O3S/c22-19-14-18(6-7-20(19)23)31(29,30)27-12-10-25(11-13-27)21(28)17-4-2-16(3-5-17)15-26-9-1-8-24-26/h1-9,14H,10-13,15H2. The molecule has 0 aliphatic carbocycles. The average Bonchev–Trinajstić information content (AvgIpc) is 3.29. The molecule has 2 heterocycles. The molecule has 4 rings (SSSR count). The lowest BCUT2D eigenvalue weighted by molar-refractivity contribution is 0.0698. The molecule has 0 bridgehead atoms. The molecule has 10 heteroatoms. The Balaban J connectivity index is 1.39. The summed E-state index contributed by atoms with van der Waals surface area (Å²) in [4.78, 5) is 14.4. The predicted molar refractivity (Wildman–Crippen MR) is 114 cm³/mol. The van der Waals surface area contributed by atoms with E-state index in [1.165, 1.54) is 10.4 Å². The largest absolute Gasteiger partial charge is 0.336 e. The van der Waals surface area contributed by atoms with Crippen molar-refractivity contribution in [1.82, 2.24) is 19.0 Å². The number of halogens is 2. The number of aromatic nitrogens is 2. The van der Waals surface area contributed by atoms with E-state index in [0.29, 0.717) is 12.1 Å². The van der Waals surface area contributed by atoms with Crippen molar-refractivity contribution in [3.05, 3.63) is 82.9 Å². The van der Waals surface area contributed by atoms with Crippen molar-refractivity contribution in [2.75, 3.05) is 26.2 Å². The second-order valence-corrected chi connectivity index (χ2v) is 9.52. The first-order chi connectivity index (χ1) is 14.8. The molecule has 162 valence electrons. The summed E-state index contributed by atoms with van der Waals surface area (Å²) in [5, 5.41) is 3.92. The summed E-state index contributed by atoms with van der Waals surface area (Å²) < 4.78 is 42.0. The number of nitrogens with zero attached hydrogens (tertiary/aromatic N) is 4. The van der Waals surface area contributed by atoms with Crippen LogP contribution in [0.1, 0.15) is 15.9 Å². The van der Waals surface area contributed by atoms with Crippen LogP contribution in [0.2, 0.25) is 5.02 Å². The summed E-state index contributed by atoms with van der Waals surface area (Å²) >= 11 is 5.73. The van der Waals surface area contributed by atoms with Gasteiger partial charge in [-0.25, -0.2) is 12.8 Å². The first-order valence-electron chi connectivity index (χ1n) is 9.65. The highest BCUT2D eigenvalue weighted by atomic mass is 35.5. The van der Waals surface area contributed by atoms with E-state index in [4.69, 9.17) is 11.6 Å². The number of benzene rings is 2. The highest BCUT2D eigenvalue weighted by Gasteiger charge is 2.30. The first kappa shape index (κ1) is 21.5. The Kier molecular flexibility index (Phi) is 6.08. The van der Waals surface area contributed by atoms with E-state index in [1.54, 1.807) is 27.9 Å². The van der Waals surface area contributed by atoms with E-state index < -0.39 is 15.8 Å². The monoisotopic (exact) mass is 462 g/mol. The van der Waals surface area contributed by atoms with Gasteiger partial charge in [0, 0.05) is 44.1 Å². The first-order valence-corrected chi connectivity index (χ1v) is 11.5. The van der Waals surface area contributed by atoms with Crippen LogP contribution in [0.3, 0.4) is 0 Å². The van der Waals surface area contributed by atoms with E-state index in [-0.39, 0.29) is 42.0 Å². The van der Waals surface area contributed by atoms with Gasteiger partial charge in [-0.2, -0.15) is 9.40 Å². The maximum Gasteiger partial charge on any atom is 0.253 e. The number of carbonyl (C=O) groups excluding carboxylic acids is 1. The highest BCUT2D eigenvalue weighted by molar-refractivity contribution is 7.89. The minimum Gasteiger partial charge on any atom is -0.336 e. The average molecular weight is 463 g/mol. The number of rotatable bonds is 5. The molecule has 0 unspecified atom stereocenters. The Bertz CT molecular complexity index is 1180. The van der Waals surface area contributed by atoms with E-state index in [0.717, 1.165) is 17.7 Å². The van der Waals surface area contributed by atoms with Crippen LogP contribution < -0.4 is 0 Å². The third kappa shape index (κ3) is 4.63. The zero-order valence-electron chi connectivity index (χ0n) is 16.5. The van der Waals surface area contributed by atoms with Crippen molar-refractivity contribution in [2.45, 2.75) is 11.4 Å². The summed E-state index contributed by atoms with van der Waals surface area (Å²) in [6.07, 6.45) is 3.58. The minimum absolute atomic E-state index is 0.0635. The molecule has 1 amide bonds. The Morgan fingerprint density at radius 2 is 1.77 bits per heavy atom. The van der Waals surface area contributed by atoms with Crippen LogP contribution in [0.25, 0.3) is 0 Å². The summed E-state index contributed by atoms with van der Waals surface area (Å²) in [5.74, 6) is -0.820. The molecule has 31 heavy (non-hydrogen) atoms. The molecule has 7 nitrogen and oxygen atoms in total. The van der Waals surface area contributed by atoms with Crippen molar-refractivity contribution in [3.63, 3.8) is 0 Å².